The lowest BCUT2D eigenvalue weighted by atomic mass is 9.93. The van der Waals surface area contributed by atoms with Crippen LogP contribution < -0.4 is 10.6 Å². The number of aliphatic hydroxyl groups excluding tert-OH is 1. The number of unbranched alkanes of at least 4 members (excludes halogenated alkanes) is 1. The number of rotatable bonds is 19. The van der Waals surface area contributed by atoms with Crippen LogP contribution in [0.25, 0.3) is 0 Å². The fraction of sp³-hybridized carbons (Fsp3) is 0.472. The number of carbonyl (C=O) groups is 3. The van der Waals surface area contributed by atoms with Crippen LogP contribution in [0.15, 0.2) is 86.0 Å². The standard InChI is InChI=1S/C36H48N2O5/c1-3-5-8-20-31(23-28-16-9-6-10-17-28)35(42)43-27-36(21-13-14-22-36)38-34(41)30(15-4-2)25-33(40)37-32(26-39)24-29-18-11-7-12-19-29/h3-4,6-7,9-12,16-19,30-32,39H,1-2,5,8,13-15,20-27H2,(H,37,40)(H,38,41). The molecule has 0 radical (unpaired) electrons. The number of hydrogen-bond donors (Lipinski definition) is 3. The van der Waals surface area contributed by atoms with E-state index in [1.54, 1.807) is 6.08 Å². The number of hydrogen-bond acceptors (Lipinski definition) is 5. The van der Waals surface area contributed by atoms with Gasteiger partial charge in [-0.15, -0.1) is 13.2 Å². The minimum atomic E-state index is -0.651. The minimum absolute atomic E-state index is 0.0263. The van der Waals surface area contributed by atoms with Gasteiger partial charge in [0.05, 0.1) is 30.0 Å². The topological polar surface area (TPSA) is 105 Å². The number of aliphatic hydroxyl groups is 1. The van der Waals surface area contributed by atoms with Crippen LogP contribution in [0.4, 0.5) is 0 Å². The summed E-state index contributed by atoms with van der Waals surface area (Å²) < 4.78 is 5.93. The van der Waals surface area contributed by atoms with Crippen LogP contribution in [0.1, 0.15) is 68.9 Å². The van der Waals surface area contributed by atoms with Gasteiger partial charge in [0, 0.05) is 6.42 Å². The van der Waals surface area contributed by atoms with Crippen molar-refractivity contribution in [1.29, 1.82) is 0 Å². The lowest BCUT2D eigenvalue weighted by Gasteiger charge is -2.32. The summed E-state index contributed by atoms with van der Waals surface area (Å²) in [4.78, 5) is 39.8. The van der Waals surface area contributed by atoms with Crippen LogP contribution in [0.5, 0.6) is 0 Å². The molecule has 0 aromatic heterocycles. The van der Waals surface area contributed by atoms with E-state index in [0.717, 1.165) is 36.8 Å². The highest BCUT2D eigenvalue weighted by Crippen LogP contribution is 2.31. The molecule has 0 aliphatic heterocycles. The molecule has 7 nitrogen and oxygen atoms in total. The van der Waals surface area contributed by atoms with Gasteiger partial charge in [0.25, 0.3) is 0 Å². The Morgan fingerprint density at radius 3 is 2.12 bits per heavy atom. The van der Waals surface area contributed by atoms with Gasteiger partial charge in [0.1, 0.15) is 6.61 Å². The van der Waals surface area contributed by atoms with Gasteiger partial charge >= 0.3 is 5.97 Å². The number of amides is 2. The highest BCUT2D eigenvalue weighted by atomic mass is 16.5. The van der Waals surface area contributed by atoms with Gasteiger partial charge in [-0.1, -0.05) is 85.7 Å². The van der Waals surface area contributed by atoms with Crippen LogP contribution in [-0.2, 0) is 32.0 Å². The van der Waals surface area contributed by atoms with Gasteiger partial charge in [0.15, 0.2) is 0 Å². The molecule has 2 aromatic carbocycles. The largest absolute Gasteiger partial charge is 0.463 e. The summed E-state index contributed by atoms with van der Waals surface area (Å²) in [5.74, 6) is -1.69. The molecule has 3 unspecified atom stereocenters. The predicted octanol–water partition coefficient (Wildman–Crippen LogP) is 5.48. The van der Waals surface area contributed by atoms with E-state index in [1.807, 2.05) is 66.7 Å². The van der Waals surface area contributed by atoms with Crippen molar-refractivity contribution < 1.29 is 24.2 Å². The van der Waals surface area contributed by atoms with Crippen LogP contribution in [0, 0.1) is 11.8 Å². The third kappa shape index (κ3) is 11.5. The van der Waals surface area contributed by atoms with Crippen molar-refractivity contribution in [3.8, 4) is 0 Å². The first-order valence-electron chi connectivity index (χ1n) is 15.6. The van der Waals surface area contributed by atoms with Crippen molar-refractivity contribution in [3.63, 3.8) is 0 Å². The van der Waals surface area contributed by atoms with Gasteiger partial charge in [-0.05, 0) is 62.5 Å². The van der Waals surface area contributed by atoms with Gasteiger partial charge in [0.2, 0.25) is 11.8 Å². The number of esters is 1. The Balaban J connectivity index is 1.60. The Kier molecular flexibility index (Phi) is 14.2. The number of benzene rings is 2. The highest BCUT2D eigenvalue weighted by Gasteiger charge is 2.39. The van der Waals surface area contributed by atoms with E-state index in [0.29, 0.717) is 38.5 Å². The molecule has 7 heteroatoms. The van der Waals surface area contributed by atoms with E-state index in [4.69, 9.17) is 4.74 Å². The fourth-order valence-electron chi connectivity index (χ4n) is 5.81. The summed E-state index contributed by atoms with van der Waals surface area (Å²) in [5, 5.41) is 15.9. The van der Waals surface area contributed by atoms with Crippen molar-refractivity contribution in [2.75, 3.05) is 13.2 Å². The van der Waals surface area contributed by atoms with Crippen molar-refractivity contribution >= 4 is 17.8 Å². The summed E-state index contributed by atoms with van der Waals surface area (Å²) in [6, 6.07) is 19.1. The quantitative estimate of drug-likeness (QED) is 0.115. The molecule has 0 heterocycles. The average Bonchev–Trinajstić information content (AvgIpc) is 3.48. The maximum atomic E-state index is 13.5. The average molecular weight is 589 g/mol. The Bertz CT molecular complexity index is 1160. The molecule has 0 saturated heterocycles. The normalized spacial score (nSPS) is 15.9. The van der Waals surface area contributed by atoms with Crippen molar-refractivity contribution in [2.24, 2.45) is 11.8 Å². The summed E-state index contributed by atoms with van der Waals surface area (Å²) in [6.07, 6.45) is 10.6. The summed E-state index contributed by atoms with van der Waals surface area (Å²) >= 11 is 0. The van der Waals surface area contributed by atoms with Gasteiger partial charge in [-0.25, -0.2) is 0 Å². The number of allylic oxidation sites excluding steroid dienone is 2. The summed E-state index contributed by atoms with van der Waals surface area (Å²) in [7, 11) is 0. The lowest BCUT2D eigenvalue weighted by Crippen LogP contribution is -2.53. The fourth-order valence-corrected chi connectivity index (χ4v) is 5.81. The molecule has 1 saturated carbocycles. The molecule has 2 aromatic rings. The molecule has 0 spiro atoms. The second-order valence-electron chi connectivity index (χ2n) is 11.8. The van der Waals surface area contributed by atoms with Gasteiger partial charge in [-0.2, -0.15) is 0 Å². The molecule has 43 heavy (non-hydrogen) atoms. The van der Waals surface area contributed by atoms with Crippen LogP contribution in [-0.4, -0.2) is 47.7 Å². The van der Waals surface area contributed by atoms with E-state index in [1.165, 1.54) is 0 Å². The van der Waals surface area contributed by atoms with E-state index < -0.39 is 17.5 Å². The number of ether oxygens (including phenoxy) is 1. The third-order valence-corrected chi connectivity index (χ3v) is 8.22. The monoisotopic (exact) mass is 588 g/mol. The molecule has 1 fully saturated rings. The molecule has 3 N–H and O–H groups in total. The number of carbonyl (C=O) groups excluding carboxylic acids is 3. The second kappa shape index (κ2) is 18.1. The van der Waals surface area contributed by atoms with Gasteiger partial charge in [-0.3, -0.25) is 14.4 Å². The van der Waals surface area contributed by atoms with E-state index in [9.17, 15) is 19.5 Å². The summed E-state index contributed by atoms with van der Waals surface area (Å²) in [5.41, 5.74) is 1.44. The lowest BCUT2D eigenvalue weighted by molar-refractivity contribution is -0.152. The van der Waals surface area contributed by atoms with Crippen molar-refractivity contribution in [3.05, 3.63) is 97.1 Å². The second-order valence-corrected chi connectivity index (χ2v) is 11.8. The zero-order chi connectivity index (χ0) is 30.9. The molecule has 0 bridgehead atoms. The number of nitrogens with one attached hydrogen (secondary N) is 2. The zero-order valence-corrected chi connectivity index (χ0v) is 25.3. The summed E-state index contributed by atoms with van der Waals surface area (Å²) in [6.45, 7) is 7.49. The van der Waals surface area contributed by atoms with Crippen LogP contribution in [0.3, 0.4) is 0 Å². The Morgan fingerprint density at radius 1 is 0.907 bits per heavy atom. The smallest absolute Gasteiger partial charge is 0.309 e. The first-order valence-corrected chi connectivity index (χ1v) is 15.6. The molecular weight excluding hydrogens is 540 g/mol. The van der Waals surface area contributed by atoms with E-state index >= 15 is 0 Å². The van der Waals surface area contributed by atoms with Gasteiger partial charge < -0.3 is 20.5 Å². The molecule has 3 rings (SSSR count). The zero-order valence-electron chi connectivity index (χ0n) is 25.3. The first-order chi connectivity index (χ1) is 20.9. The molecule has 1 aliphatic carbocycles. The predicted molar refractivity (Wildman–Crippen MR) is 170 cm³/mol. The Hall–Kier alpha value is -3.71. The molecule has 1 aliphatic rings. The first kappa shape index (κ1) is 33.8. The van der Waals surface area contributed by atoms with Crippen LogP contribution >= 0.6 is 0 Å². The van der Waals surface area contributed by atoms with Crippen molar-refractivity contribution in [2.45, 2.75) is 82.2 Å². The molecule has 3 atom stereocenters. The minimum Gasteiger partial charge on any atom is -0.463 e. The Labute approximate surface area is 256 Å². The van der Waals surface area contributed by atoms with E-state index in [-0.39, 0.29) is 43.3 Å². The molecule has 2 amide bonds. The van der Waals surface area contributed by atoms with Crippen LogP contribution in [0.2, 0.25) is 0 Å². The maximum absolute atomic E-state index is 13.5. The molecule has 232 valence electrons. The maximum Gasteiger partial charge on any atom is 0.309 e. The Morgan fingerprint density at radius 2 is 1.53 bits per heavy atom. The molecular formula is C36H48N2O5. The van der Waals surface area contributed by atoms with Crippen molar-refractivity contribution in [1.82, 2.24) is 10.6 Å². The third-order valence-electron chi connectivity index (χ3n) is 8.22. The van der Waals surface area contributed by atoms with E-state index in [2.05, 4.69) is 23.8 Å². The highest BCUT2D eigenvalue weighted by molar-refractivity contribution is 5.86. The SMILES string of the molecule is C=CCCCC(Cc1ccccc1)C(=O)OCC1(NC(=O)C(CC=C)CC(=O)NC(CO)Cc2ccccc2)CCCC1.